The summed E-state index contributed by atoms with van der Waals surface area (Å²) in [5.74, 6) is -0.263. The molecule has 1 unspecified atom stereocenters. The maximum atomic E-state index is 10.3. The molecule has 1 saturated carbocycles. The minimum atomic E-state index is -0.659. The topological polar surface area (TPSA) is 101 Å². The second-order valence-corrected chi connectivity index (χ2v) is 9.58. The van der Waals surface area contributed by atoms with E-state index in [9.17, 15) is 20.4 Å². The number of hydrogen-bond donors (Lipinski definition) is 5. The van der Waals surface area contributed by atoms with Crippen LogP contribution in [0.25, 0.3) is 0 Å². The Labute approximate surface area is 182 Å². The minimum absolute atomic E-state index is 0.0798. The number of allylic oxidation sites excluding steroid dienone is 2. The van der Waals surface area contributed by atoms with Gasteiger partial charge in [0.25, 0.3) is 0 Å². The molecule has 6 atom stereocenters. The number of hydrogen-bond acceptors (Lipinski definition) is 6. The number of unbranched alkanes of at least 4 members (excludes halogenated alkanes) is 1. The number of aliphatic hydroxyl groups excluding tert-OH is 5. The van der Waals surface area contributed by atoms with E-state index in [4.69, 9.17) is 16.7 Å². The van der Waals surface area contributed by atoms with Crippen molar-refractivity contribution in [2.45, 2.75) is 69.4 Å². The first kappa shape index (κ1) is 24.5. The number of thiophene rings is 1. The number of aryl methyl sites for hydroxylation is 1. The molecule has 5 N–H and O–H groups in total. The second-order valence-electron chi connectivity index (χ2n) is 7.78. The molecule has 1 aliphatic carbocycles. The van der Waals surface area contributed by atoms with Gasteiger partial charge in [-0.05, 0) is 56.6 Å². The van der Waals surface area contributed by atoms with Crippen molar-refractivity contribution in [1.82, 2.24) is 0 Å². The highest BCUT2D eigenvalue weighted by Gasteiger charge is 2.39. The van der Waals surface area contributed by atoms with Gasteiger partial charge in [0, 0.05) is 17.2 Å². The third kappa shape index (κ3) is 8.50. The SMILES string of the molecule is OCC(O)CCCC=CC[C@@H]1[C@@H](C=C[C@H](O)CCc2ccc(Cl)s2)[C@H](O)C[C@@H]1O. The van der Waals surface area contributed by atoms with Gasteiger partial charge in [-0.25, -0.2) is 0 Å². The zero-order valence-electron chi connectivity index (χ0n) is 16.6. The van der Waals surface area contributed by atoms with Crippen molar-refractivity contribution in [2.24, 2.45) is 11.8 Å². The van der Waals surface area contributed by atoms with Crippen LogP contribution in [0.4, 0.5) is 0 Å². The minimum Gasteiger partial charge on any atom is -0.394 e. The Morgan fingerprint density at radius 2 is 1.93 bits per heavy atom. The van der Waals surface area contributed by atoms with Crippen LogP contribution in [0.5, 0.6) is 0 Å². The van der Waals surface area contributed by atoms with Crippen LogP contribution in [0.3, 0.4) is 0 Å². The fourth-order valence-electron chi connectivity index (χ4n) is 3.77. The zero-order chi connectivity index (χ0) is 21.2. The third-order valence-corrected chi connectivity index (χ3v) is 6.77. The molecule has 7 heteroatoms. The maximum absolute atomic E-state index is 10.3. The van der Waals surface area contributed by atoms with E-state index >= 15 is 0 Å². The first-order valence-electron chi connectivity index (χ1n) is 10.3. The maximum Gasteiger partial charge on any atom is 0.0931 e. The molecule has 29 heavy (non-hydrogen) atoms. The number of rotatable bonds is 12. The van der Waals surface area contributed by atoms with E-state index in [0.29, 0.717) is 25.7 Å². The summed E-state index contributed by atoms with van der Waals surface area (Å²) < 4.78 is 0.744. The summed E-state index contributed by atoms with van der Waals surface area (Å²) in [4.78, 5) is 1.13. The summed E-state index contributed by atoms with van der Waals surface area (Å²) >= 11 is 7.44. The van der Waals surface area contributed by atoms with Crippen LogP contribution < -0.4 is 0 Å². The molecule has 0 bridgehead atoms. The molecule has 0 aliphatic heterocycles. The van der Waals surface area contributed by atoms with Crippen molar-refractivity contribution < 1.29 is 25.5 Å². The molecule has 1 aliphatic rings. The summed E-state index contributed by atoms with van der Waals surface area (Å²) in [6.07, 6.45) is 9.66. The van der Waals surface area contributed by atoms with Gasteiger partial charge in [0.15, 0.2) is 0 Å². The third-order valence-electron chi connectivity index (χ3n) is 5.48. The van der Waals surface area contributed by atoms with Gasteiger partial charge in [-0.1, -0.05) is 35.9 Å². The van der Waals surface area contributed by atoms with Gasteiger partial charge in [0.05, 0.1) is 35.4 Å². The molecule has 1 fully saturated rings. The molecule has 164 valence electrons. The Balaban J connectivity index is 1.79. The van der Waals surface area contributed by atoms with Crippen LogP contribution in [0.15, 0.2) is 36.4 Å². The van der Waals surface area contributed by atoms with E-state index < -0.39 is 24.4 Å². The van der Waals surface area contributed by atoms with Gasteiger partial charge in [-0.3, -0.25) is 0 Å². The van der Waals surface area contributed by atoms with E-state index in [0.717, 1.165) is 28.5 Å². The van der Waals surface area contributed by atoms with Crippen LogP contribution in [0.2, 0.25) is 4.34 Å². The van der Waals surface area contributed by atoms with E-state index in [1.54, 1.807) is 6.08 Å². The molecule has 0 aromatic carbocycles. The average Bonchev–Trinajstić information content (AvgIpc) is 3.23. The van der Waals surface area contributed by atoms with Crippen LogP contribution in [0.1, 0.15) is 43.4 Å². The molecule has 0 amide bonds. The Kier molecular flexibility index (Phi) is 10.9. The van der Waals surface area contributed by atoms with Gasteiger partial charge < -0.3 is 25.5 Å². The van der Waals surface area contributed by atoms with Crippen molar-refractivity contribution >= 4 is 22.9 Å². The smallest absolute Gasteiger partial charge is 0.0931 e. The molecule has 1 aromatic heterocycles. The summed E-state index contributed by atoms with van der Waals surface area (Å²) in [5.41, 5.74) is 0. The highest BCUT2D eigenvalue weighted by molar-refractivity contribution is 7.16. The summed E-state index contributed by atoms with van der Waals surface area (Å²) in [5, 5.41) is 49.0. The van der Waals surface area contributed by atoms with Crippen LogP contribution in [0, 0.1) is 11.8 Å². The van der Waals surface area contributed by atoms with Crippen LogP contribution in [-0.2, 0) is 6.42 Å². The number of aliphatic hydroxyl groups is 5. The van der Waals surface area contributed by atoms with Gasteiger partial charge in [-0.2, -0.15) is 0 Å². The fourth-order valence-corrected chi connectivity index (χ4v) is 4.87. The second kappa shape index (κ2) is 12.8. The lowest BCUT2D eigenvalue weighted by Gasteiger charge is -2.19. The molecule has 0 spiro atoms. The zero-order valence-corrected chi connectivity index (χ0v) is 18.2. The quantitative estimate of drug-likeness (QED) is 0.252. The van der Waals surface area contributed by atoms with Gasteiger partial charge >= 0.3 is 0 Å². The Morgan fingerprint density at radius 1 is 1.14 bits per heavy atom. The van der Waals surface area contributed by atoms with E-state index in [1.807, 2.05) is 30.4 Å². The van der Waals surface area contributed by atoms with Crippen LogP contribution >= 0.6 is 22.9 Å². The highest BCUT2D eigenvalue weighted by Crippen LogP contribution is 2.36. The fraction of sp³-hybridized carbons (Fsp3) is 0.636. The Bertz CT molecular complexity index is 647. The van der Waals surface area contributed by atoms with Crippen molar-refractivity contribution in [2.75, 3.05) is 6.61 Å². The van der Waals surface area contributed by atoms with Crippen molar-refractivity contribution in [3.05, 3.63) is 45.7 Å². The van der Waals surface area contributed by atoms with Gasteiger partial charge in [0.1, 0.15) is 0 Å². The standard InChI is InChI=1S/C22H33ClO5S/c23-22-12-10-17(29-22)9-7-15(25)8-11-19-18(20(27)13-21(19)28)6-4-2-1-3-5-16(26)14-24/h2,4,8,10-12,15-16,18-21,24-28H,1,3,5-7,9,13-14H2/t15-,16?,18-,19-,20+,21-/m1/s1. The van der Waals surface area contributed by atoms with Gasteiger partial charge in [-0.15, -0.1) is 11.3 Å². The lowest BCUT2D eigenvalue weighted by Crippen LogP contribution is -2.20. The van der Waals surface area contributed by atoms with Gasteiger partial charge in [0.2, 0.25) is 0 Å². The Hall–Kier alpha value is -0.730. The molecular weight excluding hydrogens is 412 g/mol. The molecule has 2 rings (SSSR count). The van der Waals surface area contributed by atoms with Crippen LogP contribution in [-0.4, -0.2) is 56.6 Å². The summed E-state index contributed by atoms with van der Waals surface area (Å²) in [7, 11) is 0. The normalized spacial score (nSPS) is 27.2. The summed E-state index contributed by atoms with van der Waals surface area (Å²) in [6.45, 7) is -0.212. The van der Waals surface area contributed by atoms with Crippen molar-refractivity contribution in [1.29, 1.82) is 0 Å². The largest absolute Gasteiger partial charge is 0.394 e. The molecule has 0 saturated heterocycles. The average molecular weight is 445 g/mol. The highest BCUT2D eigenvalue weighted by atomic mass is 35.5. The van der Waals surface area contributed by atoms with Crippen molar-refractivity contribution in [3.8, 4) is 0 Å². The molecule has 1 aromatic rings. The monoisotopic (exact) mass is 444 g/mol. The first-order chi connectivity index (χ1) is 13.9. The number of halogens is 1. The first-order valence-corrected chi connectivity index (χ1v) is 11.5. The Morgan fingerprint density at radius 3 is 2.62 bits per heavy atom. The van der Waals surface area contributed by atoms with Crippen molar-refractivity contribution in [3.63, 3.8) is 0 Å². The van der Waals surface area contributed by atoms with E-state index in [2.05, 4.69) is 0 Å². The predicted octanol–water partition coefficient (Wildman–Crippen LogP) is 3.08. The van der Waals surface area contributed by atoms with E-state index in [1.165, 1.54) is 11.3 Å². The molecule has 0 radical (unpaired) electrons. The molecule has 1 heterocycles. The summed E-state index contributed by atoms with van der Waals surface area (Å²) in [6, 6.07) is 3.82. The molecule has 5 nitrogen and oxygen atoms in total. The van der Waals surface area contributed by atoms with E-state index in [-0.39, 0.29) is 18.4 Å². The lowest BCUT2D eigenvalue weighted by atomic mass is 9.89. The molecular formula is C22H33ClO5S. The predicted molar refractivity (Wildman–Crippen MR) is 117 cm³/mol. The lowest BCUT2D eigenvalue weighted by molar-refractivity contribution is 0.0868.